The van der Waals surface area contributed by atoms with E-state index in [0.29, 0.717) is 23.2 Å². The lowest BCUT2D eigenvalue weighted by Crippen LogP contribution is -2.12. The van der Waals surface area contributed by atoms with Gasteiger partial charge in [-0.15, -0.1) is 4.74 Å². The van der Waals surface area contributed by atoms with Crippen molar-refractivity contribution < 1.29 is 9.32 Å². The van der Waals surface area contributed by atoms with Crippen LogP contribution in [0.25, 0.3) is 0 Å². The zero-order valence-electron chi connectivity index (χ0n) is 12.2. The molecule has 0 atom stereocenters. The Labute approximate surface area is 127 Å². The van der Waals surface area contributed by atoms with Gasteiger partial charge < -0.3 is 4.52 Å². The van der Waals surface area contributed by atoms with Crippen LogP contribution < -0.4 is 5.63 Å². The number of aromatic nitrogens is 1. The summed E-state index contributed by atoms with van der Waals surface area (Å²) in [4.78, 5) is 24.5. The van der Waals surface area contributed by atoms with Crippen LogP contribution in [-0.4, -0.2) is 10.6 Å². The van der Waals surface area contributed by atoms with Gasteiger partial charge in [-0.3, -0.25) is 4.79 Å². The van der Waals surface area contributed by atoms with Gasteiger partial charge in [0.2, 0.25) is 0 Å². The molecule has 110 valence electrons. The molecule has 2 aromatic carbocycles. The van der Waals surface area contributed by atoms with E-state index in [0.717, 1.165) is 10.3 Å². The van der Waals surface area contributed by atoms with Gasteiger partial charge in [0.05, 0.1) is 11.3 Å². The second-order valence-electron chi connectivity index (χ2n) is 5.07. The molecule has 3 rings (SSSR count). The van der Waals surface area contributed by atoms with E-state index in [-0.39, 0.29) is 5.91 Å². The Kier molecular flexibility index (Phi) is 3.74. The largest absolute Gasteiger partial charge is 0.361 e. The fraction of sp³-hybridized carbons (Fsp3) is 0.111. The van der Waals surface area contributed by atoms with Gasteiger partial charge in [-0.25, -0.2) is 4.79 Å². The van der Waals surface area contributed by atoms with Crippen molar-refractivity contribution in [1.82, 2.24) is 4.74 Å². The number of hydrogen-bond donors (Lipinski definition) is 0. The lowest BCUT2D eigenvalue weighted by molar-refractivity contribution is 0.0834. The Morgan fingerprint density at radius 1 is 1.00 bits per heavy atom. The molecular weight excluding hydrogens is 278 g/mol. The normalized spacial score (nSPS) is 10.6. The molecule has 4 nitrogen and oxygen atoms in total. The van der Waals surface area contributed by atoms with Crippen molar-refractivity contribution in [2.24, 2.45) is 0 Å². The maximum absolute atomic E-state index is 12.4. The van der Waals surface area contributed by atoms with E-state index < -0.39 is 5.63 Å². The van der Waals surface area contributed by atoms with Crippen molar-refractivity contribution in [2.75, 3.05) is 0 Å². The van der Waals surface area contributed by atoms with Gasteiger partial charge in [0.25, 0.3) is 5.91 Å². The Hall–Kier alpha value is -2.88. The first-order valence-electron chi connectivity index (χ1n) is 7.02. The highest BCUT2D eigenvalue weighted by Gasteiger charge is 2.19. The second-order valence-corrected chi connectivity index (χ2v) is 5.07. The van der Waals surface area contributed by atoms with Gasteiger partial charge in [0.1, 0.15) is 0 Å². The summed E-state index contributed by atoms with van der Waals surface area (Å²) in [5.74, 6) is -0.338. The summed E-state index contributed by atoms with van der Waals surface area (Å²) >= 11 is 0. The van der Waals surface area contributed by atoms with Gasteiger partial charge >= 0.3 is 5.63 Å². The standard InChI is InChI=1S/C18H15NO3/c1-13-16(12-14-8-4-2-5-9-14)18(21)22-19(13)17(20)15-10-6-3-7-11-15/h2-11H,12H2,1H3. The van der Waals surface area contributed by atoms with Crippen LogP contribution in [0.5, 0.6) is 0 Å². The summed E-state index contributed by atoms with van der Waals surface area (Å²) < 4.78 is 6.22. The van der Waals surface area contributed by atoms with E-state index in [4.69, 9.17) is 4.52 Å². The fourth-order valence-corrected chi connectivity index (χ4v) is 2.37. The summed E-state index contributed by atoms with van der Waals surface area (Å²) in [7, 11) is 0. The smallest absolute Gasteiger partial charge is 0.328 e. The van der Waals surface area contributed by atoms with Gasteiger partial charge in [-0.05, 0) is 24.6 Å². The third kappa shape index (κ3) is 2.63. The highest BCUT2D eigenvalue weighted by molar-refractivity contribution is 5.95. The molecule has 4 heteroatoms. The minimum atomic E-state index is -0.467. The van der Waals surface area contributed by atoms with Gasteiger partial charge in [0.15, 0.2) is 0 Å². The molecule has 22 heavy (non-hydrogen) atoms. The van der Waals surface area contributed by atoms with Crippen molar-refractivity contribution in [3.05, 3.63) is 93.5 Å². The average Bonchev–Trinajstić information content (AvgIpc) is 2.84. The van der Waals surface area contributed by atoms with E-state index in [1.165, 1.54) is 0 Å². The quantitative estimate of drug-likeness (QED) is 0.746. The SMILES string of the molecule is Cc1c(Cc2ccccc2)c(=O)on1C(=O)c1ccccc1. The molecule has 0 N–H and O–H groups in total. The lowest BCUT2D eigenvalue weighted by Gasteiger charge is -2.03. The average molecular weight is 293 g/mol. The molecule has 0 aliphatic carbocycles. The molecule has 0 saturated heterocycles. The molecule has 0 aliphatic rings. The summed E-state index contributed by atoms with van der Waals surface area (Å²) in [5.41, 5.74) is 2.07. The molecule has 0 bridgehead atoms. The molecule has 0 unspecified atom stereocenters. The van der Waals surface area contributed by atoms with E-state index >= 15 is 0 Å². The van der Waals surface area contributed by atoms with Crippen molar-refractivity contribution in [1.29, 1.82) is 0 Å². The molecular formula is C18H15NO3. The number of rotatable bonds is 3. The van der Waals surface area contributed by atoms with Crippen molar-refractivity contribution >= 4 is 5.91 Å². The second kappa shape index (κ2) is 5.85. The number of carbonyl (C=O) groups is 1. The van der Waals surface area contributed by atoms with Crippen molar-refractivity contribution in [3.8, 4) is 0 Å². The zero-order valence-corrected chi connectivity index (χ0v) is 12.2. The molecule has 0 amide bonds. The maximum atomic E-state index is 12.4. The molecule has 3 aromatic rings. The Balaban J connectivity index is 1.97. The molecule has 0 saturated carbocycles. The summed E-state index contributed by atoms with van der Waals surface area (Å²) in [5, 5.41) is 0. The predicted molar refractivity (Wildman–Crippen MR) is 83.1 cm³/mol. The van der Waals surface area contributed by atoms with Crippen LogP contribution in [-0.2, 0) is 6.42 Å². The van der Waals surface area contributed by atoms with E-state index in [9.17, 15) is 9.59 Å². The number of hydrogen-bond acceptors (Lipinski definition) is 3. The number of nitrogens with zero attached hydrogens (tertiary/aromatic N) is 1. The molecule has 1 heterocycles. The first-order valence-corrected chi connectivity index (χ1v) is 7.02. The number of benzene rings is 2. The summed E-state index contributed by atoms with van der Waals surface area (Å²) in [6.45, 7) is 1.73. The zero-order chi connectivity index (χ0) is 15.5. The molecule has 0 spiro atoms. The highest BCUT2D eigenvalue weighted by atomic mass is 16.5. The first kappa shape index (κ1) is 14.1. The minimum Gasteiger partial charge on any atom is -0.328 e. The maximum Gasteiger partial charge on any atom is 0.361 e. The van der Waals surface area contributed by atoms with Crippen molar-refractivity contribution in [2.45, 2.75) is 13.3 Å². The third-order valence-corrected chi connectivity index (χ3v) is 3.59. The van der Waals surface area contributed by atoms with E-state index in [2.05, 4.69) is 0 Å². The Morgan fingerprint density at radius 2 is 1.59 bits per heavy atom. The third-order valence-electron chi connectivity index (χ3n) is 3.59. The Bertz CT molecular complexity index is 845. The van der Waals surface area contributed by atoms with Crippen LogP contribution in [0.3, 0.4) is 0 Å². The van der Waals surface area contributed by atoms with Gasteiger partial charge in [0, 0.05) is 12.0 Å². The fourth-order valence-electron chi connectivity index (χ4n) is 2.37. The minimum absolute atomic E-state index is 0.338. The van der Waals surface area contributed by atoms with Crippen LogP contribution in [0.15, 0.2) is 70.0 Å². The monoisotopic (exact) mass is 293 g/mol. The molecule has 1 aromatic heterocycles. The summed E-state index contributed by atoms with van der Waals surface area (Å²) in [6.07, 6.45) is 0.448. The van der Waals surface area contributed by atoms with E-state index in [1.807, 2.05) is 36.4 Å². The summed E-state index contributed by atoms with van der Waals surface area (Å²) in [6, 6.07) is 18.4. The highest BCUT2D eigenvalue weighted by Crippen LogP contribution is 2.13. The predicted octanol–water partition coefficient (Wildman–Crippen LogP) is 3.03. The van der Waals surface area contributed by atoms with Crippen LogP contribution in [0.4, 0.5) is 0 Å². The van der Waals surface area contributed by atoms with Crippen LogP contribution in [0.1, 0.15) is 27.2 Å². The van der Waals surface area contributed by atoms with Crippen LogP contribution in [0, 0.1) is 6.92 Å². The molecule has 0 aliphatic heterocycles. The van der Waals surface area contributed by atoms with Gasteiger partial charge in [-0.1, -0.05) is 48.5 Å². The topological polar surface area (TPSA) is 52.2 Å². The van der Waals surface area contributed by atoms with E-state index in [1.54, 1.807) is 31.2 Å². The van der Waals surface area contributed by atoms with Gasteiger partial charge in [-0.2, -0.15) is 0 Å². The van der Waals surface area contributed by atoms with Crippen LogP contribution in [0.2, 0.25) is 0 Å². The lowest BCUT2D eigenvalue weighted by atomic mass is 10.1. The first-order chi connectivity index (χ1) is 10.7. The van der Waals surface area contributed by atoms with Crippen molar-refractivity contribution in [3.63, 3.8) is 0 Å². The molecule has 0 radical (unpaired) electrons. The molecule has 0 fully saturated rings. The Morgan fingerprint density at radius 3 is 2.23 bits per heavy atom. The van der Waals surface area contributed by atoms with Crippen LogP contribution >= 0.6 is 0 Å². The number of carbonyl (C=O) groups excluding carboxylic acids is 1.